The van der Waals surface area contributed by atoms with Crippen molar-refractivity contribution in [1.82, 2.24) is 4.31 Å². The smallest absolute Gasteiger partial charge is 0.324 e. The Kier molecular flexibility index (Phi) is 5.35. The molecule has 1 fully saturated rings. The first kappa shape index (κ1) is 14.4. The summed E-state index contributed by atoms with van der Waals surface area (Å²) in [5.74, 6) is -0.551. The van der Waals surface area contributed by atoms with E-state index in [1.165, 1.54) is 11.4 Å². The van der Waals surface area contributed by atoms with Crippen molar-refractivity contribution in [2.75, 3.05) is 32.6 Å². The molecule has 0 aromatic carbocycles. The summed E-state index contributed by atoms with van der Waals surface area (Å²) in [7, 11) is -1.98. The molecule has 7 heteroatoms. The maximum atomic E-state index is 11.9. The van der Waals surface area contributed by atoms with Gasteiger partial charge in [-0.05, 0) is 19.8 Å². The minimum absolute atomic E-state index is 0.0978. The molecule has 0 aromatic heterocycles. The molecule has 1 unspecified atom stereocenters. The zero-order chi connectivity index (χ0) is 12.9. The summed E-state index contributed by atoms with van der Waals surface area (Å²) in [6.45, 7) is 2.49. The highest BCUT2D eigenvalue weighted by Crippen LogP contribution is 2.22. The van der Waals surface area contributed by atoms with Gasteiger partial charge < -0.3 is 9.47 Å². The van der Waals surface area contributed by atoms with Crippen LogP contribution in [0.1, 0.15) is 19.8 Å². The molecule has 0 saturated carbocycles. The average molecular weight is 265 g/mol. The average Bonchev–Trinajstić information content (AvgIpc) is 2.76. The van der Waals surface area contributed by atoms with Gasteiger partial charge in [0.1, 0.15) is 6.04 Å². The van der Waals surface area contributed by atoms with Crippen molar-refractivity contribution in [1.29, 1.82) is 0 Å². The van der Waals surface area contributed by atoms with Crippen LogP contribution in [0, 0.1) is 0 Å². The van der Waals surface area contributed by atoms with E-state index in [2.05, 4.69) is 0 Å². The zero-order valence-electron chi connectivity index (χ0n) is 10.2. The molecule has 17 heavy (non-hydrogen) atoms. The molecule has 1 rings (SSSR count). The van der Waals surface area contributed by atoms with Crippen molar-refractivity contribution in [2.45, 2.75) is 25.8 Å². The van der Waals surface area contributed by atoms with Crippen LogP contribution in [0.4, 0.5) is 0 Å². The summed E-state index contributed by atoms with van der Waals surface area (Å²) in [5.41, 5.74) is 0. The second kappa shape index (κ2) is 6.32. The van der Waals surface area contributed by atoms with E-state index in [0.717, 1.165) is 0 Å². The predicted octanol–water partition coefficient (Wildman–Crippen LogP) is -0.00990. The fourth-order valence-electron chi connectivity index (χ4n) is 1.85. The maximum Gasteiger partial charge on any atom is 0.324 e. The van der Waals surface area contributed by atoms with Crippen LogP contribution >= 0.6 is 0 Å². The second-order valence-electron chi connectivity index (χ2n) is 3.83. The molecule has 0 radical (unpaired) electrons. The number of hydrogen-bond donors (Lipinski definition) is 0. The summed E-state index contributed by atoms with van der Waals surface area (Å²) in [6, 6.07) is -0.656. The number of ether oxygens (including phenoxy) is 2. The number of hydrogen-bond acceptors (Lipinski definition) is 5. The van der Waals surface area contributed by atoms with Gasteiger partial charge in [-0.3, -0.25) is 4.79 Å². The zero-order valence-corrected chi connectivity index (χ0v) is 11.0. The van der Waals surface area contributed by atoms with Gasteiger partial charge in [-0.2, -0.15) is 4.31 Å². The van der Waals surface area contributed by atoms with Crippen molar-refractivity contribution < 1.29 is 22.7 Å². The molecule has 1 aliphatic heterocycles. The molecular formula is C10H19NO5S. The molecule has 0 spiro atoms. The Morgan fingerprint density at radius 1 is 1.47 bits per heavy atom. The number of methoxy groups -OCH3 is 1. The van der Waals surface area contributed by atoms with E-state index in [1.807, 2.05) is 0 Å². The predicted molar refractivity (Wildman–Crippen MR) is 62.0 cm³/mol. The standard InChI is InChI=1S/C10H19NO5S/c1-3-16-10(12)9-5-4-6-11(9)17(13,14)8-7-15-2/h9H,3-8H2,1-2H3. The highest BCUT2D eigenvalue weighted by Gasteiger charge is 2.39. The van der Waals surface area contributed by atoms with Gasteiger partial charge >= 0.3 is 5.97 Å². The molecule has 1 aliphatic rings. The number of sulfonamides is 1. The van der Waals surface area contributed by atoms with E-state index in [-0.39, 0.29) is 19.0 Å². The van der Waals surface area contributed by atoms with E-state index < -0.39 is 22.0 Å². The maximum absolute atomic E-state index is 11.9. The Hall–Kier alpha value is -0.660. The molecule has 1 heterocycles. The number of nitrogens with zero attached hydrogens (tertiary/aromatic N) is 1. The first-order valence-electron chi connectivity index (χ1n) is 5.68. The summed E-state index contributed by atoms with van der Waals surface area (Å²) < 4.78 is 34.8. The Bertz CT molecular complexity index is 354. The molecule has 100 valence electrons. The highest BCUT2D eigenvalue weighted by atomic mass is 32.2. The van der Waals surface area contributed by atoms with E-state index in [1.54, 1.807) is 6.92 Å². The van der Waals surface area contributed by atoms with Gasteiger partial charge in [0.25, 0.3) is 0 Å². The van der Waals surface area contributed by atoms with Crippen molar-refractivity contribution in [2.24, 2.45) is 0 Å². The van der Waals surface area contributed by atoms with Crippen LogP contribution in [-0.2, 0) is 24.3 Å². The van der Waals surface area contributed by atoms with Crippen LogP contribution in [0.5, 0.6) is 0 Å². The number of rotatable bonds is 6. The van der Waals surface area contributed by atoms with Gasteiger partial charge in [-0.15, -0.1) is 0 Å². The van der Waals surface area contributed by atoms with Crippen molar-refractivity contribution >= 4 is 16.0 Å². The number of esters is 1. The van der Waals surface area contributed by atoms with Gasteiger partial charge in [-0.25, -0.2) is 8.42 Å². The third-order valence-corrected chi connectivity index (χ3v) is 4.50. The SMILES string of the molecule is CCOC(=O)C1CCCN1S(=O)(=O)CCOC. The monoisotopic (exact) mass is 265 g/mol. The third kappa shape index (κ3) is 3.65. The van der Waals surface area contributed by atoms with E-state index in [0.29, 0.717) is 19.4 Å². The molecule has 6 nitrogen and oxygen atoms in total. The van der Waals surface area contributed by atoms with Gasteiger partial charge in [0.2, 0.25) is 10.0 Å². The molecule has 0 amide bonds. The van der Waals surface area contributed by atoms with E-state index >= 15 is 0 Å². The first-order chi connectivity index (χ1) is 8.03. The number of carbonyl (C=O) groups excluding carboxylic acids is 1. The normalized spacial score (nSPS) is 21.6. The number of carbonyl (C=O) groups is 1. The topological polar surface area (TPSA) is 72.9 Å². The van der Waals surface area contributed by atoms with Crippen molar-refractivity contribution in [3.63, 3.8) is 0 Å². The van der Waals surface area contributed by atoms with Crippen molar-refractivity contribution in [3.05, 3.63) is 0 Å². The molecular weight excluding hydrogens is 246 g/mol. The Balaban J connectivity index is 2.71. The lowest BCUT2D eigenvalue weighted by Crippen LogP contribution is -2.43. The van der Waals surface area contributed by atoms with Crippen LogP contribution in [0.15, 0.2) is 0 Å². The molecule has 0 aliphatic carbocycles. The summed E-state index contributed by atoms with van der Waals surface area (Å²) in [5, 5.41) is 0. The Labute approximate surface area is 102 Å². The fraction of sp³-hybridized carbons (Fsp3) is 0.900. The lowest BCUT2D eigenvalue weighted by molar-refractivity contribution is -0.146. The highest BCUT2D eigenvalue weighted by molar-refractivity contribution is 7.89. The van der Waals surface area contributed by atoms with Gasteiger partial charge in [0, 0.05) is 13.7 Å². The van der Waals surface area contributed by atoms with E-state index in [4.69, 9.17) is 9.47 Å². The quantitative estimate of drug-likeness (QED) is 0.632. The van der Waals surface area contributed by atoms with Crippen LogP contribution < -0.4 is 0 Å². The van der Waals surface area contributed by atoms with Gasteiger partial charge in [-0.1, -0.05) is 0 Å². The Morgan fingerprint density at radius 2 is 2.18 bits per heavy atom. The Morgan fingerprint density at radius 3 is 2.76 bits per heavy atom. The van der Waals surface area contributed by atoms with Crippen molar-refractivity contribution in [3.8, 4) is 0 Å². The molecule has 0 aromatic rings. The largest absolute Gasteiger partial charge is 0.465 e. The van der Waals surface area contributed by atoms with Crippen LogP contribution in [0.2, 0.25) is 0 Å². The summed E-state index contributed by atoms with van der Waals surface area (Å²) in [4.78, 5) is 11.6. The summed E-state index contributed by atoms with van der Waals surface area (Å²) in [6.07, 6.45) is 1.22. The van der Waals surface area contributed by atoms with Crippen LogP contribution in [0.3, 0.4) is 0 Å². The molecule has 0 bridgehead atoms. The molecule has 1 atom stereocenters. The van der Waals surface area contributed by atoms with E-state index in [9.17, 15) is 13.2 Å². The molecule has 1 saturated heterocycles. The minimum atomic E-state index is -3.43. The van der Waals surface area contributed by atoms with Crippen LogP contribution in [-0.4, -0.2) is 57.4 Å². The fourth-order valence-corrected chi connectivity index (χ4v) is 3.45. The summed E-state index contributed by atoms with van der Waals surface area (Å²) >= 11 is 0. The second-order valence-corrected chi connectivity index (χ2v) is 5.87. The lowest BCUT2D eigenvalue weighted by Gasteiger charge is -2.22. The van der Waals surface area contributed by atoms with Crippen LogP contribution in [0.25, 0.3) is 0 Å². The third-order valence-electron chi connectivity index (χ3n) is 2.67. The molecule has 0 N–H and O–H groups in total. The first-order valence-corrected chi connectivity index (χ1v) is 7.29. The minimum Gasteiger partial charge on any atom is -0.465 e. The lowest BCUT2D eigenvalue weighted by atomic mass is 10.2. The van der Waals surface area contributed by atoms with Gasteiger partial charge in [0.05, 0.1) is 19.0 Å². The van der Waals surface area contributed by atoms with Gasteiger partial charge in [0.15, 0.2) is 0 Å².